The van der Waals surface area contributed by atoms with Gasteiger partial charge in [-0.3, -0.25) is 4.79 Å². The Morgan fingerprint density at radius 2 is 2.00 bits per heavy atom. The number of anilines is 1. The van der Waals surface area contributed by atoms with Gasteiger partial charge in [0.25, 0.3) is 0 Å². The monoisotopic (exact) mass is 382 g/mol. The van der Waals surface area contributed by atoms with Gasteiger partial charge in [0, 0.05) is 16.8 Å². The van der Waals surface area contributed by atoms with E-state index in [2.05, 4.69) is 15.5 Å². The minimum atomic E-state index is -0.842. The van der Waals surface area contributed by atoms with Gasteiger partial charge in [-0.05, 0) is 37.3 Å². The van der Waals surface area contributed by atoms with Crippen LogP contribution in [0.15, 0.2) is 46.9 Å². The Bertz CT molecular complexity index is 993. The molecule has 7 nitrogen and oxygen atoms in total. The Kier molecular flexibility index (Phi) is 5.50. The number of carbonyl (C=O) groups excluding carboxylic acids is 1. The van der Waals surface area contributed by atoms with E-state index < -0.39 is 12.1 Å². The van der Waals surface area contributed by atoms with Crippen molar-refractivity contribution in [2.24, 2.45) is 0 Å². The lowest BCUT2D eigenvalue weighted by Gasteiger charge is -2.19. The highest BCUT2D eigenvalue weighted by Crippen LogP contribution is 2.28. The van der Waals surface area contributed by atoms with Crippen LogP contribution >= 0.6 is 11.6 Å². The Balaban J connectivity index is 1.85. The summed E-state index contributed by atoms with van der Waals surface area (Å²) in [5.74, 6) is 0.465. The average Bonchev–Trinajstić information content (AvgIpc) is 3.16. The SMILES string of the molecule is CC(O)C(Nc1ccc(C#N)c(Cl)c1)c1nnc(-c2ccc(C=O)cc2)o1. The molecule has 0 bridgehead atoms. The fourth-order valence-corrected chi connectivity index (χ4v) is 2.67. The molecule has 3 aromatic rings. The largest absolute Gasteiger partial charge is 0.418 e. The molecule has 0 aliphatic carbocycles. The summed E-state index contributed by atoms with van der Waals surface area (Å²) in [5, 5.41) is 30.5. The second-order valence-electron chi connectivity index (χ2n) is 5.85. The molecule has 0 spiro atoms. The molecule has 2 aromatic carbocycles. The average molecular weight is 383 g/mol. The molecule has 2 N–H and O–H groups in total. The number of nitrogens with one attached hydrogen (secondary N) is 1. The summed E-state index contributed by atoms with van der Waals surface area (Å²) in [7, 11) is 0. The van der Waals surface area contributed by atoms with E-state index in [0.29, 0.717) is 27.4 Å². The van der Waals surface area contributed by atoms with Crippen LogP contribution in [-0.4, -0.2) is 27.7 Å². The lowest BCUT2D eigenvalue weighted by Crippen LogP contribution is -2.23. The zero-order chi connectivity index (χ0) is 19.4. The first kappa shape index (κ1) is 18.6. The second kappa shape index (κ2) is 7.99. The van der Waals surface area contributed by atoms with E-state index >= 15 is 0 Å². The molecule has 136 valence electrons. The molecule has 0 fully saturated rings. The van der Waals surface area contributed by atoms with Crippen LogP contribution in [0.1, 0.15) is 34.8 Å². The van der Waals surface area contributed by atoms with E-state index in [1.807, 2.05) is 6.07 Å². The molecule has 0 amide bonds. The summed E-state index contributed by atoms with van der Waals surface area (Å²) in [5.41, 5.74) is 2.15. The maximum atomic E-state index is 10.7. The lowest BCUT2D eigenvalue weighted by atomic mass is 10.1. The summed E-state index contributed by atoms with van der Waals surface area (Å²) in [6, 6.07) is 12.9. The standard InChI is InChI=1S/C19H15ClN4O3/c1-11(26)17(22-15-7-6-14(9-21)16(20)8-15)19-24-23-18(27-19)13-4-2-12(10-25)3-5-13/h2-8,10-11,17,22,26H,1H3. The summed E-state index contributed by atoms with van der Waals surface area (Å²) < 4.78 is 5.70. The molecule has 0 saturated carbocycles. The van der Waals surface area contributed by atoms with Crippen molar-refractivity contribution in [2.45, 2.75) is 19.1 Å². The Labute approximate surface area is 160 Å². The molecule has 0 saturated heterocycles. The molecule has 3 rings (SSSR count). The first-order valence-electron chi connectivity index (χ1n) is 8.05. The number of halogens is 1. The number of aromatic nitrogens is 2. The van der Waals surface area contributed by atoms with Gasteiger partial charge in [-0.2, -0.15) is 5.26 Å². The van der Waals surface area contributed by atoms with Crippen LogP contribution in [0.2, 0.25) is 5.02 Å². The number of rotatable bonds is 6. The molecule has 0 aliphatic heterocycles. The molecule has 0 radical (unpaired) electrons. The first-order chi connectivity index (χ1) is 13.0. The van der Waals surface area contributed by atoms with Gasteiger partial charge in [-0.15, -0.1) is 10.2 Å². The fraction of sp³-hybridized carbons (Fsp3) is 0.158. The number of nitrogens with zero attached hydrogens (tertiary/aromatic N) is 3. The van der Waals surface area contributed by atoms with Crippen LogP contribution in [0.4, 0.5) is 5.69 Å². The number of aliphatic hydroxyl groups is 1. The van der Waals surface area contributed by atoms with Crippen LogP contribution < -0.4 is 5.32 Å². The predicted octanol–water partition coefficient (Wildman–Crippen LogP) is 3.61. The van der Waals surface area contributed by atoms with Crippen molar-refractivity contribution in [1.29, 1.82) is 5.26 Å². The van der Waals surface area contributed by atoms with Crippen molar-refractivity contribution in [3.63, 3.8) is 0 Å². The molecule has 1 heterocycles. The highest BCUT2D eigenvalue weighted by atomic mass is 35.5. The van der Waals surface area contributed by atoms with E-state index in [-0.39, 0.29) is 11.8 Å². The topological polar surface area (TPSA) is 112 Å². The molecule has 8 heteroatoms. The molecule has 2 atom stereocenters. The second-order valence-corrected chi connectivity index (χ2v) is 6.26. The van der Waals surface area contributed by atoms with Crippen LogP contribution in [0.5, 0.6) is 0 Å². The third-order valence-electron chi connectivity index (χ3n) is 3.89. The van der Waals surface area contributed by atoms with Crippen LogP contribution in [0.3, 0.4) is 0 Å². The van der Waals surface area contributed by atoms with Gasteiger partial charge in [0.15, 0.2) is 0 Å². The summed E-state index contributed by atoms with van der Waals surface area (Å²) in [4.78, 5) is 10.7. The van der Waals surface area contributed by atoms with E-state index in [1.54, 1.807) is 49.4 Å². The van der Waals surface area contributed by atoms with Crippen LogP contribution in [0, 0.1) is 11.3 Å². The third kappa shape index (κ3) is 4.14. The number of aliphatic hydroxyl groups excluding tert-OH is 1. The molecule has 2 unspecified atom stereocenters. The molecule has 27 heavy (non-hydrogen) atoms. The quantitative estimate of drug-likeness (QED) is 0.626. The maximum absolute atomic E-state index is 10.7. The van der Waals surface area contributed by atoms with Crippen LogP contribution in [0.25, 0.3) is 11.5 Å². The predicted molar refractivity (Wildman–Crippen MR) is 99.3 cm³/mol. The van der Waals surface area contributed by atoms with Gasteiger partial charge in [-0.25, -0.2) is 0 Å². The van der Waals surface area contributed by atoms with Crippen molar-refractivity contribution in [3.05, 3.63) is 64.5 Å². The van der Waals surface area contributed by atoms with Gasteiger partial charge in [0.2, 0.25) is 11.8 Å². The van der Waals surface area contributed by atoms with E-state index in [1.165, 1.54) is 0 Å². The van der Waals surface area contributed by atoms with Crippen molar-refractivity contribution in [2.75, 3.05) is 5.32 Å². The third-order valence-corrected chi connectivity index (χ3v) is 4.21. The van der Waals surface area contributed by atoms with E-state index in [0.717, 1.165) is 6.29 Å². The van der Waals surface area contributed by atoms with E-state index in [4.69, 9.17) is 21.3 Å². The molecular formula is C19H15ClN4O3. The molecule has 0 aliphatic rings. The minimum absolute atomic E-state index is 0.194. The minimum Gasteiger partial charge on any atom is -0.418 e. The van der Waals surface area contributed by atoms with Crippen molar-refractivity contribution >= 4 is 23.6 Å². The number of hydrogen-bond acceptors (Lipinski definition) is 7. The smallest absolute Gasteiger partial charge is 0.247 e. The number of carbonyl (C=O) groups is 1. The highest BCUT2D eigenvalue weighted by Gasteiger charge is 2.24. The number of benzene rings is 2. The number of aldehydes is 1. The van der Waals surface area contributed by atoms with E-state index in [9.17, 15) is 9.90 Å². The van der Waals surface area contributed by atoms with Gasteiger partial charge >= 0.3 is 0 Å². The number of hydrogen-bond donors (Lipinski definition) is 2. The van der Waals surface area contributed by atoms with Crippen molar-refractivity contribution < 1.29 is 14.3 Å². The normalized spacial score (nSPS) is 12.8. The Morgan fingerprint density at radius 1 is 1.26 bits per heavy atom. The fourth-order valence-electron chi connectivity index (χ4n) is 2.44. The van der Waals surface area contributed by atoms with Gasteiger partial charge in [0.1, 0.15) is 18.4 Å². The molecule has 1 aromatic heterocycles. The van der Waals surface area contributed by atoms with Gasteiger partial charge < -0.3 is 14.8 Å². The Hall–Kier alpha value is -3.21. The maximum Gasteiger partial charge on any atom is 0.247 e. The number of nitriles is 1. The van der Waals surface area contributed by atoms with Crippen LogP contribution in [-0.2, 0) is 0 Å². The molecular weight excluding hydrogens is 368 g/mol. The Morgan fingerprint density at radius 3 is 2.59 bits per heavy atom. The lowest BCUT2D eigenvalue weighted by molar-refractivity contribution is 0.112. The zero-order valence-electron chi connectivity index (χ0n) is 14.3. The summed E-state index contributed by atoms with van der Waals surface area (Å²) >= 11 is 6.05. The highest BCUT2D eigenvalue weighted by molar-refractivity contribution is 6.32. The van der Waals surface area contributed by atoms with Crippen molar-refractivity contribution in [3.8, 4) is 17.5 Å². The van der Waals surface area contributed by atoms with Gasteiger partial charge in [0.05, 0.1) is 16.7 Å². The van der Waals surface area contributed by atoms with Crippen molar-refractivity contribution in [1.82, 2.24) is 10.2 Å². The zero-order valence-corrected chi connectivity index (χ0v) is 15.0. The first-order valence-corrected chi connectivity index (χ1v) is 8.43. The summed E-state index contributed by atoms with van der Waals surface area (Å²) in [6.45, 7) is 1.59. The van der Waals surface area contributed by atoms with Gasteiger partial charge in [-0.1, -0.05) is 23.7 Å². The summed E-state index contributed by atoms with van der Waals surface area (Å²) in [6.07, 6.45) is -0.0933.